The van der Waals surface area contributed by atoms with Crippen molar-refractivity contribution < 1.29 is 108 Å². The van der Waals surface area contributed by atoms with Crippen molar-refractivity contribution in [3.8, 4) is 0 Å². The molecule has 382 valence electrons. The minimum Gasteiger partial charge on any atom is -0.472 e. The molecule has 10 nitrogen and oxygen atoms in total. The van der Waals surface area contributed by atoms with E-state index >= 15 is 0 Å². The van der Waals surface area contributed by atoms with Crippen molar-refractivity contribution in [2.45, 2.75) is 117 Å². The predicted molar refractivity (Wildman–Crippen MR) is 308 cm³/mol. The summed E-state index contributed by atoms with van der Waals surface area (Å²) in [5.74, 6) is 3.51. The van der Waals surface area contributed by atoms with Gasteiger partial charge < -0.3 is 49.4 Å². The van der Waals surface area contributed by atoms with Crippen molar-refractivity contribution in [2.75, 3.05) is 52.6 Å². The van der Waals surface area contributed by atoms with Crippen molar-refractivity contribution in [3.05, 3.63) is 164 Å². The SMILES string of the molecule is C1CCOC1.C1CCOC1.C[Si](C)(C)[N-]C(=NCCCN=C([N-][Si](C)(C)C)c1ccccc1)c1ccccc1.C[Si](C)(C)[N-]C(=NCCCN=C([N-][Si](C)(C)C)c1ccccc1)c1ccccc1.[Eu+2].[Eu+2]. The van der Waals surface area contributed by atoms with Crippen LogP contribution in [0.5, 0.6) is 0 Å². The molecule has 0 bridgehead atoms. The Hall–Kier alpha value is -1.28. The molecule has 0 amide bonds. The molecule has 0 aromatic heterocycles. The predicted octanol–water partition coefficient (Wildman–Crippen LogP) is 15.0. The fraction of sp³-hybridized carbons (Fsp3) is 0.481. The Morgan fingerprint density at radius 2 is 0.529 bits per heavy atom. The molecule has 6 rings (SSSR count). The van der Waals surface area contributed by atoms with Crippen LogP contribution in [0.1, 0.15) is 60.8 Å². The normalized spacial score (nSPS) is 14.5. The quantitative estimate of drug-likeness (QED) is 0.0480. The zero-order chi connectivity index (χ0) is 49.7. The van der Waals surface area contributed by atoms with Crippen molar-refractivity contribution in [1.29, 1.82) is 0 Å². The number of hydrogen-bond donors (Lipinski definition) is 0. The molecule has 0 atom stereocenters. The van der Waals surface area contributed by atoms with Gasteiger partial charge >= 0.3 is 98.8 Å². The van der Waals surface area contributed by atoms with Crippen LogP contribution < -0.4 is 0 Å². The zero-order valence-corrected chi connectivity index (χ0v) is 53.4. The second kappa shape index (κ2) is 36.6. The van der Waals surface area contributed by atoms with E-state index < -0.39 is 32.9 Å². The number of rotatable bonds is 16. The second-order valence-electron chi connectivity index (χ2n) is 20.8. The number of nitrogens with zero attached hydrogens (tertiary/aromatic N) is 8. The van der Waals surface area contributed by atoms with Crippen LogP contribution in [0.15, 0.2) is 141 Å². The molecule has 4 aromatic carbocycles. The van der Waals surface area contributed by atoms with Crippen LogP contribution in [0.25, 0.3) is 19.9 Å². The molecular weight excluding hydrogens is 1210 g/mol. The van der Waals surface area contributed by atoms with Crippen molar-refractivity contribution in [2.24, 2.45) is 20.0 Å². The third kappa shape index (κ3) is 33.5. The van der Waals surface area contributed by atoms with E-state index in [0.29, 0.717) is 0 Å². The largest absolute Gasteiger partial charge is 2.00 e. The van der Waals surface area contributed by atoms with Crippen LogP contribution in [-0.4, -0.2) is 109 Å². The van der Waals surface area contributed by atoms with Gasteiger partial charge in [-0.3, -0.25) is 0 Å². The maximum Gasteiger partial charge on any atom is 2.00 e. The van der Waals surface area contributed by atoms with Crippen LogP contribution >= 0.6 is 0 Å². The molecule has 0 unspecified atom stereocenters. The third-order valence-corrected chi connectivity index (χ3v) is 12.8. The summed E-state index contributed by atoms with van der Waals surface area (Å²) >= 11 is 0. The van der Waals surface area contributed by atoms with E-state index in [-0.39, 0.29) is 98.8 Å². The van der Waals surface area contributed by atoms with Gasteiger partial charge in [0.05, 0.1) is 0 Å². The monoisotopic (exact) mass is 1290 g/mol. The summed E-state index contributed by atoms with van der Waals surface area (Å²) in [5.41, 5.74) is 4.38. The molecule has 2 aliphatic heterocycles. The second-order valence-corrected chi connectivity index (χ2v) is 39.0. The average Bonchev–Trinajstić information content (AvgIpc) is 4.09. The number of hydrogen-bond acceptors (Lipinski definition) is 6. The summed E-state index contributed by atoms with van der Waals surface area (Å²) in [6.07, 6.45) is 6.88. The van der Waals surface area contributed by atoms with Gasteiger partial charge in [-0.2, -0.15) is 0 Å². The van der Waals surface area contributed by atoms with Crippen LogP contribution in [0.3, 0.4) is 0 Å². The van der Waals surface area contributed by atoms with Crippen LogP contribution in [0.4, 0.5) is 0 Å². The Labute approximate surface area is 510 Å². The van der Waals surface area contributed by atoms with E-state index in [0.717, 1.165) is 111 Å². The van der Waals surface area contributed by atoms with Crippen molar-refractivity contribution in [3.63, 3.8) is 0 Å². The molecule has 70 heavy (non-hydrogen) atoms. The van der Waals surface area contributed by atoms with E-state index in [1.54, 1.807) is 0 Å². The topological polar surface area (TPSA) is 124 Å². The summed E-state index contributed by atoms with van der Waals surface area (Å²) in [6.45, 7) is 33.7. The van der Waals surface area contributed by atoms with Gasteiger partial charge in [0.25, 0.3) is 0 Å². The fourth-order valence-electron chi connectivity index (χ4n) is 6.29. The molecule has 0 aliphatic carbocycles. The number of amidine groups is 4. The molecule has 2 saturated heterocycles. The molecule has 16 heteroatoms. The van der Waals surface area contributed by atoms with Crippen molar-refractivity contribution in [1.82, 2.24) is 0 Å². The Morgan fingerprint density at radius 3 is 0.671 bits per heavy atom. The van der Waals surface area contributed by atoms with Crippen LogP contribution in [-0.2, 0) is 9.47 Å². The van der Waals surface area contributed by atoms with Gasteiger partial charge in [-0.1, -0.05) is 262 Å². The van der Waals surface area contributed by atoms with Crippen molar-refractivity contribution >= 4 is 56.3 Å². The van der Waals surface area contributed by atoms with Crippen LogP contribution in [0.2, 0.25) is 78.6 Å². The van der Waals surface area contributed by atoms with Crippen LogP contribution in [0, 0.1) is 98.8 Å². The third-order valence-electron chi connectivity index (χ3n) is 9.23. The summed E-state index contributed by atoms with van der Waals surface area (Å²) < 4.78 is 9.89. The first-order valence-electron chi connectivity index (χ1n) is 24.7. The Kier molecular flexibility index (Phi) is 34.9. The van der Waals surface area contributed by atoms with Gasteiger partial charge in [0.15, 0.2) is 0 Å². The summed E-state index contributed by atoms with van der Waals surface area (Å²) in [5, 5.41) is 0. The number of benzene rings is 4. The molecule has 0 saturated carbocycles. The molecule has 0 spiro atoms. The van der Waals surface area contributed by atoms with Gasteiger partial charge in [0.2, 0.25) is 0 Å². The molecule has 2 radical (unpaired) electrons. The van der Waals surface area contributed by atoms with E-state index in [1.807, 2.05) is 72.8 Å². The number of aliphatic imine (C=N–C) groups is 4. The smallest absolute Gasteiger partial charge is 0.472 e. The molecule has 2 heterocycles. The standard InChI is InChI=1S/2C23H34N4Si2.2C4H8O.2Eu/c2*1-28(2,3)26-22(20-14-9-7-10-15-20)24-18-13-19-25-23(27-29(4,5)6)21-16-11-8-12-17-21;2*1-2-4-5-3-1;;/h2*7-12,14-17H,13,18-19H2,1-6H3;2*1-4H2;;/q2*-2;;;2*+2. The Morgan fingerprint density at radius 1 is 0.343 bits per heavy atom. The Bertz CT molecular complexity index is 1780. The average molecular weight is 1290 g/mol. The van der Waals surface area contributed by atoms with Gasteiger partial charge in [-0.15, -0.1) is 0 Å². The minimum absolute atomic E-state index is 0. The molecule has 2 aliphatic rings. The molecule has 4 aromatic rings. The Balaban J connectivity index is 0.000000566. The first-order valence-corrected chi connectivity index (χ1v) is 38.5. The van der Waals surface area contributed by atoms with E-state index in [1.165, 1.54) is 25.7 Å². The minimum atomic E-state index is -1.60. The van der Waals surface area contributed by atoms with Gasteiger partial charge in [-0.25, -0.2) is 0 Å². The summed E-state index contributed by atoms with van der Waals surface area (Å²) in [7, 11) is -6.42. The fourth-order valence-corrected chi connectivity index (χ4v) is 9.63. The molecule has 2 fully saturated rings. The van der Waals surface area contributed by atoms with E-state index in [4.69, 9.17) is 49.4 Å². The summed E-state index contributed by atoms with van der Waals surface area (Å²) in [6, 6.07) is 41.1. The molecular formula is C54H84Eu2N8O2Si4. The van der Waals surface area contributed by atoms with E-state index in [2.05, 4.69) is 127 Å². The van der Waals surface area contributed by atoms with E-state index in [9.17, 15) is 0 Å². The van der Waals surface area contributed by atoms with Gasteiger partial charge in [0, 0.05) is 59.4 Å². The summed E-state index contributed by atoms with van der Waals surface area (Å²) in [4.78, 5) is 39.1. The number of ether oxygens (including phenoxy) is 2. The maximum absolute atomic E-state index is 4.95. The first-order chi connectivity index (χ1) is 32.3. The molecule has 0 N–H and O–H groups in total. The first kappa shape index (κ1) is 66.7. The zero-order valence-electron chi connectivity index (χ0n) is 44.6. The van der Waals surface area contributed by atoms with Gasteiger partial charge in [0.1, 0.15) is 0 Å². The maximum atomic E-state index is 4.95. The van der Waals surface area contributed by atoms with Gasteiger partial charge in [-0.05, 0) is 47.9 Å².